The summed E-state index contributed by atoms with van der Waals surface area (Å²) in [6, 6.07) is 17.4. The van der Waals surface area contributed by atoms with Crippen molar-refractivity contribution in [1.29, 1.82) is 5.26 Å². The molecule has 1 saturated heterocycles. The van der Waals surface area contributed by atoms with Crippen LogP contribution in [0.25, 0.3) is 0 Å². The summed E-state index contributed by atoms with van der Waals surface area (Å²) in [7, 11) is 0. The van der Waals surface area contributed by atoms with Gasteiger partial charge in [0.1, 0.15) is 0 Å². The molecule has 0 saturated carbocycles. The van der Waals surface area contributed by atoms with Crippen LogP contribution in [0, 0.1) is 11.3 Å². The Balaban J connectivity index is 1.48. The molecule has 1 atom stereocenters. The van der Waals surface area contributed by atoms with E-state index in [1.54, 1.807) is 11.8 Å². The van der Waals surface area contributed by atoms with Gasteiger partial charge in [0.05, 0.1) is 16.9 Å². The second kappa shape index (κ2) is 9.27. The Morgan fingerprint density at radius 2 is 1.74 bits per heavy atom. The number of piperazine rings is 1. The van der Waals surface area contributed by atoms with Gasteiger partial charge in [-0.2, -0.15) is 5.26 Å². The number of rotatable bonds is 5. The lowest BCUT2D eigenvalue weighted by molar-refractivity contribution is -0.132. The lowest BCUT2D eigenvalue weighted by Gasteiger charge is -2.36. The van der Waals surface area contributed by atoms with Crippen LogP contribution >= 0.6 is 23.4 Å². The van der Waals surface area contributed by atoms with Crippen LogP contribution in [0.15, 0.2) is 53.4 Å². The summed E-state index contributed by atoms with van der Waals surface area (Å²) in [5.41, 5.74) is 1.88. The van der Waals surface area contributed by atoms with E-state index in [0.29, 0.717) is 10.6 Å². The lowest BCUT2D eigenvalue weighted by atomic mass is 10.1. The van der Waals surface area contributed by atoms with Gasteiger partial charge in [-0.25, -0.2) is 0 Å². The fraction of sp³-hybridized carbons (Fsp3) is 0.333. The van der Waals surface area contributed by atoms with Gasteiger partial charge in [0.25, 0.3) is 0 Å². The highest BCUT2D eigenvalue weighted by Crippen LogP contribution is 2.26. The maximum Gasteiger partial charge on any atom is 0.235 e. The summed E-state index contributed by atoms with van der Waals surface area (Å²) < 4.78 is 0. The topological polar surface area (TPSA) is 47.3 Å². The van der Waals surface area contributed by atoms with Crippen molar-refractivity contribution in [3.8, 4) is 6.07 Å². The maximum absolute atomic E-state index is 12.7. The molecule has 0 spiro atoms. The SMILES string of the molecule is CC(Sc1ccc(Cl)cc1)C(=O)N1CCN(Cc2ccc(C#N)cc2)CC1. The second-order valence-electron chi connectivity index (χ2n) is 6.62. The standard InChI is InChI=1S/C21H22ClN3OS/c1-16(27-20-8-6-19(22)7-9-20)21(26)25-12-10-24(11-13-25)15-18-4-2-17(14-23)3-5-18/h2-9,16H,10-13,15H2,1H3. The second-order valence-corrected chi connectivity index (χ2v) is 8.47. The number of halogens is 1. The average molecular weight is 400 g/mol. The number of carbonyl (C=O) groups excluding carboxylic acids is 1. The van der Waals surface area contributed by atoms with E-state index in [2.05, 4.69) is 11.0 Å². The average Bonchev–Trinajstić information content (AvgIpc) is 2.70. The minimum Gasteiger partial charge on any atom is -0.339 e. The number of thioether (sulfide) groups is 1. The molecular formula is C21H22ClN3OS. The van der Waals surface area contributed by atoms with E-state index in [9.17, 15) is 4.79 Å². The molecule has 0 aliphatic carbocycles. The molecule has 0 N–H and O–H groups in total. The molecule has 6 heteroatoms. The van der Waals surface area contributed by atoms with Crippen LogP contribution in [-0.2, 0) is 11.3 Å². The first-order valence-corrected chi connectivity index (χ1v) is 10.2. The van der Waals surface area contributed by atoms with Gasteiger partial charge in [0.2, 0.25) is 5.91 Å². The third kappa shape index (κ3) is 5.49. The summed E-state index contributed by atoms with van der Waals surface area (Å²) in [5, 5.41) is 9.47. The quantitative estimate of drug-likeness (QED) is 0.712. The molecule has 1 unspecified atom stereocenters. The van der Waals surface area contributed by atoms with Crippen LogP contribution in [0.4, 0.5) is 0 Å². The van der Waals surface area contributed by atoms with Crippen molar-refractivity contribution in [2.24, 2.45) is 0 Å². The van der Waals surface area contributed by atoms with E-state index in [1.165, 1.54) is 5.56 Å². The normalized spacial score (nSPS) is 16.0. The molecule has 0 radical (unpaired) electrons. The van der Waals surface area contributed by atoms with Gasteiger partial charge in [-0.05, 0) is 48.9 Å². The number of nitrogens with zero attached hydrogens (tertiary/aromatic N) is 3. The molecule has 4 nitrogen and oxygen atoms in total. The molecule has 2 aromatic carbocycles. The number of amides is 1. The highest BCUT2D eigenvalue weighted by Gasteiger charge is 2.25. The Bertz CT molecular complexity index is 809. The Hall–Kier alpha value is -2.00. The smallest absolute Gasteiger partial charge is 0.235 e. The van der Waals surface area contributed by atoms with Crippen LogP contribution in [-0.4, -0.2) is 47.1 Å². The number of benzene rings is 2. The largest absolute Gasteiger partial charge is 0.339 e. The van der Waals surface area contributed by atoms with Crippen molar-refractivity contribution >= 4 is 29.3 Å². The maximum atomic E-state index is 12.7. The minimum absolute atomic E-state index is 0.115. The van der Waals surface area contributed by atoms with Gasteiger partial charge in [0, 0.05) is 42.6 Å². The van der Waals surface area contributed by atoms with Crippen LogP contribution in [0.2, 0.25) is 5.02 Å². The minimum atomic E-state index is -0.115. The summed E-state index contributed by atoms with van der Waals surface area (Å²) in [6.45, 7) is 6.04. The van der Waals surface area contributed by atoms with Gasteiger partial charge in [-0.3, -0.25) is 9.69 Å². The molecule has 1 heterocycles. The summed E-state index contributed by atoms with van der Waals surface area (Å²) in [4.78, 5) is 18.1. The van der Waals surface area contributed by atoms with E-state index >= 15 is 0 Å². The summed E-state index contributed by atoms with van der Waals surface area (Å²) in [5.74, 6) is 0.188. The predicted molar refractivity (Wildman–Crippen MR) is 110 cm³/mol. The number of carbonyl (C=O) groups is 1. The Labute approximate surface area is 169 Å². The fourth-order valence-electron chi connectivity index (χ4n) is 3.09. The van der Waals surface area contributed by atoms with Crippen molar-refractivity contribution in [2.75, 3.05) is 26.2 Å². The van der Waals surface area contributed by atoms with Crippen LogP contribution < -0.4 is 0 Å². The molecule has 0 aromatic heterocycles. The van der Waals surface area contributed by atoms with Gasteiger partial charge < -0.3 is 4.90 Å². The molecule has 3 rings (SSSR count). The predicted octanol–water partition coefficient (Wildman–Crippen LogP) is 4.04. The molecule has 27 heavy (non-hydrogen) atoms. The molecule has 1 amide bonds. The third-order valence-corrected chi connectivity index (χ3v) is 6.00. The monoisotopic (exact) mass is 399 g/mol. The van der Waals surface area contributed by atoms with Crippen molar-refractivity contribution in [3.05, 3.63) is 64.7 Å². The Morgan fingerprint density at radius 1 is 1.11 bits per heavy atom. The first-order chi connectivity index (χ1) is 13.0. The van der Waals surface area contributed by atoms with Crippen LogP contribution in [0.1, 0.15) is 18.1 Å². The molecule has 1 aliphatic rings. The van der Waals surface area contributed by atoms with Gasteiger partial charge in [0.15, 0.2) is 0 Å². The molecule has 1 fully saturated rings. The van der Waals surface area contributed by atoms with Crippen molar-refractivity contribution in [1.82, 2.24) is 9.80 Å². The molecule has 1 aliphatic heterocycles. The summed E-state index contributed by atoms with van der Waals surface area (Å²) >= 11 is 7.49. The molecular weight excluding hydrogens is 378 g/mol. The van der Waals surface area contributed by atoms with Crippen molar-refractivity contribution in [2.45, 2.75) is 23.6 Å². The number of hydrogen-bond acceptors (Lipinski definition) is 4. The van der Waals surface area contributed by atoms with Gasteiger partial charge in [-0.15, -0.1) is 11.8 Å². The summed E-state index contributed by atoms with van der Waals surface area (Å²) in [6.07, 6.45) is 0. The Morgan fingerprint density at radius 3 is 2.33 bits per heavy atom. The number of nitriles is 1. The van der Waals surface area contributed by atoms with E-state index in [4.69, 9.17) is 16.9 Å². The molecule has 0 bridgehead atoms. The van der Waals surface area contributed by atoms with E-state index < -0.39 is 0 Å². The van der Waals surface area contributed by atoms with Gasteiger partial charge in [-0.1, -0.05) is 23.7 Å². The van der Waals surface area contributed by atoms with E-state index in [1.807, 2.05) is 60.4 Å². The lowest BCUT2D eigenvalue weighted by Crippen LogP contribution is -2.50. The first-order valence-electron chi connectivity index (χ1n) is 8.97. The van der Waals surface area contributed by atoms with Crippen molar-refractivity contribution in [3.63, 3.8) is 0 Å². The highest BCUT2D eigenvalue weighted by molar-refractivity contribution is 8.00. The first kappa shape index (κ1) is 19.8. The highest BCUT2D eigenvalue weighted by atomic mass is 35.5. The van der Waals surface area contributed by atoms with Crippen LogP contribution in [0.5, 0.6) is 0 Å². The molecule has 2 aromatic rings. The van der Waals surface area contributed by atoms with Crippen molar-refractivity contribution < 1.29 is 4.79 Å². The third-order valence-electron chi connectivity index (χ3n) is 4.65. The molecule has 140 valence electrons. The zero-order chi connectivity index (χ0) is 19.2. The number of hydrogen-bond donors (Lipinski definition) is 0. The zero-order valence-corrected chi connectivity index (χ0v) is 16.8. The van der Waals surface area contributed by atoms with E-state index in [-0.39, 0.29) is 11.2 Å². The van der Waals surface area contributed by atoms with Crippen LogP contribution in [0.3, 0.4) is 0 Å². The van der Waals surface area contributed by atoms with E-state index in [0.717, 1.165) is 37.6 Å². The fourth-order valence-corrected chi connectivity index (χ4v) is 4.17. The Kier molecular flexibility index (Phi) is 6.78. The zero-order valence-electron chi connectivity index (χ0n) is 15.3. The van der Waals surface area contributed by atoms with Gasteiger partial charge >= 0.3 is 0 Å².